The van der Waals surface area contributed by atoms with Crippen LogP contribution in [0.1, 0.15) is 66.1 Å². The van der Waals surface area contributed by atoms with Crippen molar-refractivity contribution >= 4 is 35.1 Å². The topological polar surface area (TPSA) is 93.5 Å². The van der Waals surface area contributed by atoms with E-state index in [-0.39, 0.29) is 36.5 Å². The summed E-state index contributed by atoms with van der Waals surface area (Å²) in [7, 11) is 0. The van der Waals surface area contributed by atoms with Crippen LogP contribution in [0.2, 0.25) is 5.02 Å². The third kappa shape index (κ3) is 3.88. The number of carbonyl (C=O) groups is 3. The van der Waals surface area contributed by atoms with Crippen LogP contribution in [0.5, 0.6) is 0 Å². The number of anilines is 1. The second kappa shape index (κ2) is 8.58. The Bertz CT molecular complexity index is 1080. The van der Waals surface area contributed by atoms with E-state index in [2.05, 4.69) is 10.4 Å². The molecule has 8 nitrogen and oxygen atoms in total. The molecule has 1 saturated carbocycles. The van der Waals surface area contributed by atoms with Crippen LogP contribution < -0.4 is 10.2 Å². The van der Waals surface area contributed by atoms with Crippen LogP contribution in [-0.2, 0) is 16.1 Å². The van der Waals surface area contributed by atoms with Gasteiger partial charge in [0.25, 0.3) is 5.91 Å². The normalized spacial score (nSPS) is 20.9. The minimum absolute atomic E-state index is 0.0330. The summed E-state index contributed by atoms with van der Waals surface area (Å²) in [6, 6.07) is 6.84. The van der Waals surface area contributed by atoms with Crippen molar-refractivity contribution < 1.29 is 19.1 Å². The standard InChI is InChI=1S/C23H27ClN4O4/c1-4-32-21(30)17-12-19-20(29)28(18-10-9-14(2)11-16(18)24)23(3,13-27(19)26-17)22(31)25-15-7-5-6-8-15/h9-12,15H,4-8,13H2,1-3H3,(H,25,31)/t23-/m1/s1. The lowest BCUT2D eigenvalue weighted by Gasteiger charge is -2.43. The molecule has 0 radical (unpaired) electrons. The maximum atomic E-state index is 13.7. The molecule has 1 aromatic heterocycles. The van der Waals surface area contributed by atoms with Crippen molar-refractivity contribution in [3.05, 3.63) is 46.2 Å². The Hall–Kier alpha value is -2.87. The summed E-state index contributed by atoms with van der Waals surface area (Å²) >= 11 is 6.53. The van der Waals surface area contributed by atoms with Gasteiger partial charge in [-0.05, 0) is 51.3 Å². The zero-order valence-corrected chi connectivity index (χ0v) is 19.2. The molecule has 1 aliphatic heterocycles. The molecule has 2 aliphatic rings. The largest absolute Gasteiger partial charge is 0.461 e. The van der Waals surface area contributed by atoms with Crippen molar-refractivity contribution in [2.24, 2.45) is 0 Å². The van der Waals surface area contributed by atoms with Crippen LogP contribution >= 0.6 is 11.6 Å². The van der Waals surface area contributed by atoms with E-state index >= 15 is 0 Å². The molecule has 0 saturated heterocycles. The van der Waals surface area contributed by atoms with Crippen molar-refractivity contribution in [3.63, 3.8) is 0 Å². The number of halogens is 1. The first-order chi connectivity index (χ1) is 15.2. The van der Waals surface area contributed by atoms with Crippen LogP contribution in [0, 0.1) is 6.92 Å². The second-order valence-electron chi connectivity index (χ2n) is 8.62. The number of hydrogen-bond donors (Lipinski definition) is 1. The third-order valence-corrected chi connectivity index (χ3v) is 6.46. The maximum Gasteiger partial charge on any atom is 0.358 e. The van der Waals surface area contributed by atoms with E-state index in [1.165, 1.54) is 15.6 Å². The Labute approximate surface area is 191 Å². The van der Waals surface area contributed by atoms with E-state index in [4.69, 9.17) is 16.3 Å². The molecule has 32 heavy (non-hydrogen) atoms. The Morgan fingerprint density at radius 1 is 1.28 bits per heavy atom. The van der Waals surface area contributed by atoms with E-state index in [9.17, 15) is 14.4 Å². The number of nitrogens with one attached hydrogen (secondary N) is 1. The first kappa shape index (κ1) is 22.3. The lowest BCUT2D eigenvalue weighted by molar-refractivity contribution is -0.127. The van der Waals surface area contributed by atoms with Crippen LogP contribution in [0.25, 0.3) is 0 Å². The highest BCUT2D eigenvalue weighted by atomic mass is 35.5. The molecule has 170 valence electrons. The van der Waals surface area contributed by atoms with Gasteiger partial charge in [-0.25, -0.2) is 4.79 Å². The SMILES string of the molecule is CCOC(=O)c1cc2n(n1)C[C@](C)(C(=O)NC1CCCC1)N(c1ccc(C)cc1Cl)C2=O. The fraction of sp³-hybridized carbons (Fsp3) is 0.478. The molecule has 1 atom stereocenters. The van der Waals surface area contributed by atoms with Gasteiger partial charge in [0.1, 0.15) is 11.2 Å². The molecule has 1 aromatic carbocycles. The number of fused-ring (bicyclic) bond motifs is 1. The molecule has 0 bridgehead atoms. The van der Waals surface area contributed by atoms with Gasteiger partial charge in [-0.1, -0.05) is 30.5 Å². The van der Waals surface area contributed by atoms with Gasteiger partial charge in [-0.2, -0.15) is 5.10 Å². The predicted octanol–water partition coefficient (Wildman–Crippen LogP) is 3.50. The Kier molecular flexibility index (Phi) is 5.99. The Morgan fingerprint density at radius 2 is 2.00 bits per heavy atom. The average Bonchev–Trinajstić information content (AvgIpc) is 3.39. The van der Waals surface area contributed by atoms with Crippen LogP contribution in [0.4, 0.5) is 5.69 Å². The molecule has 4 rings (SSSR count). The highest BCUT2D eigenvalue weighted by molar-refractivity contribution is 6.34. The molecule has 0 spiro atoms. The minimum Gasteiger partial charge on any atom is -0.461 e. The van der Waals surface area contributed by atoms with Gasteiger partial charge in [0.2, 0.25) is 5.91 Å². The number of benzene rings is 1. The minimum atomic E-state index is -1.29. The van der Waals surface area contributed by atoms with E-state index < -0.39 is 17.4 Å². The summed E-state index contributed by atoms with van der Waals surface area (Å²) in [5.41, 5.74) is 0.330. The van der Waals surface area contributed by atoms with Gasteiger partial charge in [0, 0.05) is 12.1 Å². The van der Waals surface area contributed by atoms with E-state index in [1.54, 1.807) is 26.0 Å². The molecule has 1 aliphatic carbocycles. The van der Waals surface area contributed by atoms with Crippen molar-refractivity contribution in [2.45, 2.75) is 64.6 Å². The quantitative estimate of drug-likeness (QED) is 0.692. The molecular formula is C23H27ClN4O4. The van der Waals surface area contributed by atoms with Gasteiger partial charge in [-0.15, -0.1) is 0 Å². The van der Waals surface area contributed by atoms with Crippen LogP contribution in [-0.4, -0.2) is 45.8 Å². The van der Waals surface area contributed by atoms with Gasteiger partial charge < -0.3 is 10.1 Å². The number of aromatic nitrogens is 2. The van der Waals surface area contributed by atoms with Gasteiger partial charge in [0.15, 0.2) is 5.69 Å². The van der Waals surface area contributed by atoms with Crippen LogP contribution in [0.3, 0.4) is 0 Å². The predicted molar refractivity (Wildman–Crippen MR) is 120 cm³/mol. The van der Waals surface area contributed by atoms with Crippen molar-refractivity contribution in [2.75, 3.05) is 11.5 Å². The van der Waals surface area contributed by atoms with Gasteiger partial charge >= 0.3 is 5.97 Å². The highest BCUT2D eigenvalue weighted by Gasteiger charge is 2.50. The molecule has 1 N–H and O–H groups in total. The summed E-state index contributed by atoms with van der Waals surface area (Å²) in [5.74, 6) is -1.33. The number of esters is 1. The van der Waals surface area contributed by atoms with Crippen molar-refractivity contribution in [3.8, 4) is 0 Å². The number of rotatable bonds is 5. The monoisotopic (exact) mass is 458 g/mol. The molecule has 0 unspecified atom stereocenters. The number of carbonyl (C=O) groups excluding carboxylic acids is 3. The van der Waals surface area contributed by atoms with Crippen LogP contribution in [0.15, 0.2) is 24.3 Å². The number of nitrogens with zero attached hydrogens (tertiary/aromatic N) is 3. The number of ether oxygens (including phenoxy) is 1. The highest BCUT2D eigenvalue weighted by Crippen LogP contribution is 2.37. The average molecular weight is 459 g/mol. The fourth-order valence-corrected chi connectivity index (χ4v) is 4.79. The number of hydrogen-bond acceptors (Lipinski definition) is 5. The van der Waals surface area contributed by atoms with E-state index in [0.717, 1.165) is 31.2 Å². The number of aryl methyl sites for hydroxylation is 1. The van der Waals surface area contributed by atoms with E-state index in [0.29, 0.717) is 10.7 Å². The summed E-state index contributed by atoms with van der Waals surface area (Å²) < 4.78 is 6.45. The fourth-order valence-electron chi connectivity index (χ4n) is 4.47. The first-order valence-corrected chi connectivity index (χ1v) is 11.3. The molecule has 2 heterocycles. The summed E-state index contributed by atoms with van der Waals surface area (Å²) in [6.07, 6.45) is 3.97. The van der Waals surface area contributed by atoms with Gasteiger partial charge in [-0.3, -0.25) is 19.2 Å². The van der Waals surface area contributed by atoms with Crippen molar-refractivity contribution in [1.82, 2.24) is 15.1 Å². The summed E-state index contributed by atoms with van der Waals surface area (Å²) in [5, 5.41) is 7.76. The summed E-state index contributed by atoms with van der Waals surface area (Å²) in [4.78, 5) is 40.9. The lowest BCUT2D eigenvalue weighted by atomic mass is 9.93. The molecule has 2 amide bonds. The smallest absolute Gasteiger partial charge is 0.358 e. The second-order valence-corrected chi connectivity index (χ2v) is 9.02. The first-order valence-electron chi connectivity index (χ1n) is 10.9. The van der Waals surface area contributed by atoms with Gasteiger partial charge in [0.05, 0.1) is 23.9 Å². The summed E-state index contributed by atoms with van der Waals surface area (Å²) in [6.45, 7) is 5.59. The zero-order valence-electron chi connectivity index (χ0n) is 18.5. The van der Waals surface area contributed by atoms with Crippen molar-refractivity contribution in [1.29, 1.82) is 0 Å². The lowest BCUT2D eigenvalue weighted by Crippen LogP contribution is -2.65. The Balaban J connectivity index is 1.79. The molecule has 9 heteroatoms. The Morgan fingerprint density at radius 3 is 2.66 bits per heavy atom. The molecular weight excluding hydrogens is 432 g/mol. The van der Waals surface area contributed by atoms with E-state index in [1.807, 2.05) is 13.0 Å². The third-order valence-electron chi connectivity index (χ3n) is 6.16. The molecule has 1 fully saturated rings. The maximum absolute atomic E-state index is 13.7. The molecule has 2 aromatic rings. The zero-order chi connectivity index (χ0) is 23.0. The number of amides is 2.